The minimum atomic E-state index is -0.121. The number of benzene rings is 2. The molecule has 1 amide bonds. The zero-order chi connectivity index (χ0) is 23.4. The van der Waals surface area contributed by atoms with Crippen molar-refractivity contribution in [2.24, 2.45) is 5.92 Å². The Labute approximate surface area is 192 Å². The Bertz CT molecular complexity index is 1250. The third-order valence-electron chi connectivity index (χ3n) is 4.91. The number of ether oxygens (including phenoxy) is 2. The van der Waals surface area contributed by atoms with Crippen molar-refractivity contribution in [3.05, 3.63) is 66.4 Å². The first-order valence-corrected chi connectivity index (χ1v) is 10.9. The summed E-state index contributed by atoms with van der Waals surface area (Å²) in [5, 5.41) is 2.87. The van der Waals surface area contributed by atoms with E-state index in [0.29, 0.717) is 41.2 Å². The van der Waals surface area contributed by atoms with Crippen LogP contribution in [0.3, 0.4) is 0 Å². The molecule has 170 valence electrons. The molecule has 0 bridgehead atoms. The van der Waals surface area contributed by atoms with Gasteiger partial charge in [-0.2, -0.15) is 0 Å². The maximum absolute atomic E-state index is 11.3. The van der Waals surface area contributed by atoms with E-state index in [0.717, 1.165) is 16.8 Å². The SMILES string of the molecule is CC(=O)NC(C)c1ccc2nc(-c3ccc(Oc4cccc(OCC(C)C)c4)cn3)oc2c1. The van der Waals surface area contributed by atoms with Gasteiger partial charge in [0.25, 0.3) is 0 Å². The predicted molar refractivity (Wildman–Crippen MR) is 126 cm³/mol. The maximum atomic E-state index is 11.3. The normalized spacial score (nSPS) is 12.0. The Hall–Kier alpha value is -3.87. The van der Waals surface area contributed by atoms with E-state index in [9.17, 15) is 4.79 Å². The number of hydrogen-bond acceptors (Lipinski definition) is 6. The molecular weight excluding hydrogens is 418 g/mol. The monoisotopic (exact) mass is 445 g/mol. The number of nitrogens with zero attached hydrogens (tertiary/aromatic N) is 2. The van der Waals surface area contributed by atoms with Gasteiger partial charge in [-0.05, 0) is 54.8 Å². The highest BCUT2D eigenvalue weighted by atomic mass is 16.5. The molecule has 0 aliphatic carbocycles. The first-order chi connectivity index (χ1) is 15.9. The van der Waals surface area contributed by atoms with Crippen molar-refractivity contribution >= 4 is 17.0 Å². The zero-order valence-electron chi connectivity index (χ0n) is 19.2. The minimum absolute atomic E-state index is 0.0813. The third kappa shape index (κ3) is 5.68. The van der Waals surface area contributed by atoms with E-state index in [4.69, 9.17) is 13.9 Å². The highest BCUT2D eigenvalue weighted by Gasteiger charge is 2.13. The van der Waals surface area contributed by atoms with Crippen LogP contribution < -0.4 is 14.8 Å². The lowest BCUT2D eigenvalue weighted by Gasteiger charge is -2.12. The summed E-state index contributed by atoms with van der Waals surface area (Å²) in [6.07, 6.45) is 1.64. The first kappa shape index (κ1) is 22.3. The maximum Gasteiger partial charge on any atom is 0.246 e. The van der Waals surface area contributed by atoms with Crippen molar-refractivity contribution in [2.75, 3.05) is 6.61 Å². The van der Waals surface area contributed by atoms with Crippen molar-refractivity contribution in [2.45, 2.75) is 33.7 Å². The molecule has 1 N–H and O–H groups in total. The van der Waals surface area contributed by atoms with Gasteiger partial charge < -0.3 is 19.2 Å². The van der Waals surface area contributed by atoms with Gasteiger partial charge in [0.2, 0.25) is 11.8 Å². The van der Waals surface area contributed by atoms with Crippen LogP contribution in [0, 0.1) is 5.92 Å². The largest absolute Gasteiger partial charge is 0.493 e. The number of pyridine rings is 1. The number of carbonyl (C=O) groups is 1. The summed E-state index contributed by atoms with van der Waals surface area (Å²) in [5.41, 5.74) is 2.91. The van der Waals surface area contributed by atoms with Gasteiger partial charge in [-0.25, -0.2) is 9.97 Å². The number of carbonyl (C=O) groups excluding carboxylic acids is 1. The van der Waals surface area contributed by atoms with Gasteiger partial charge in [0, 0.05) is 13.0 Å². The van der Waals surface area contributed by atoms with Crippen LogP contribution in [0.2, 0.25) is 0 Å². The van der Waals surface area contributed by atoms with Gasteiger partial charge in [0.1, 0.15) is 28.5 Å². The number of fused-ring (bicyclic) bond motifs is 1. The second-order valence-electron chi connectivity index (χ2n) is 8.33. The first-order valence-electron chi connectivity index (χ1n) is 10.9. The summed E-state index contributed by atoms with van der Waals surface area (Å²) in [6, 6.07) is 16.7. The quantitative estimate of drug-likeness (QED) is 0.363. The molecule has 4 rings (SSSR count). The van der Waals surface area contributed by atoms with E-state index in [1.165, 1.54) is 6.92 Å². The van der Waals surface area contributed by atoms with Crippen molar-refractivity contribution in [1.29, 1.82) is 0 Å². The fourth-order valence-electron chi connectivity index (χ4n) is 3.30. The van der Waals surface area contributed by atoms with E-state index in [2.05, 4.69) is 29.1 Å². The lowest BCUT2D eigenvalue weighted by atomic mass is 10.1. The van der Waals surface area contributed by atoms with E-state index < -0.39 is 0 Å². The molecule has 0 spiro atoms. The van der Waals surface area contributed by atoms with Gasteiger partial charge >= 0.3 is 0 Å². The molecule has 1 unspecified atom stereocenters. The molecule has 7 heteroatoms. The van der Waals surface area contributed by atoms with E-state index in [-0.39, 0.29) is 11.9 Å². The van der Waals surface area contributed by atoms with Crippen LogP contribution in [0.15, 0.2) is 65.2 Å². The number of oxazole rings is 1. The minimum Gasteiger partial charge on any atom is -0.493 e. The smallest absolute Gasteiger partial charge is 0.246 e. The highest BCUT2D eigenvalue weighted by Crippen LogP contribution is 2.29. The topological polar surface area (TPSA) is 86.5 Å². The molecule has 1 atom stereocenters. The molecule has 2 heterocycles. The molecule has 2 aromatic heterocycles. The summed E-state index contributed by atoms with van der Waals surface area (Å²) in [4.78, 5) is 20.3. The number of nitrogens with one attached hydrogen (secondary N) is 1. The molecule has 7 nitrogen and oxygen atoms in total. The van der Waals surface area contributed by atoms with Crippen LogP contribution in [0.25, 0.3) is 22.7 Å². The van der Waals surface area contributed by atoms with E-state index >= 15 is 0 Å². The molecule has 0 fully saturated rings. The van der Waals surface area contributed by atoms with Crippen molar-refractivity contribution in [1.82, 2.24) is 15.3 Å². The fourth-order valence-corrected chi connectivity index (χ4v) is 3.30. The Morgan fingerprint density at radius 1 is 1.03 bits per heavy atom. The summed E-state index contributed by atoms with van der Waals surface area (Å²) in [7, 11) is 0. The van der Waals surface area contributed by atoms with Crippen LogP contribution in [0.4, 0.5) is 0 Å². The molecule has 0 aliphatic rings. The summed E-state index contributed by atoms with van der Waals surface area (Å²) in [5.74, 6) is 2.83. The average Bonchev–Trinajstić information content (AvgIpc) is 3.21. The van der Waals surface area contributed by atoms with E-state index in [1.807, 2.05) is 55.5 Å². The van der Waals surface area contributed by atoms with E-state index in [1.54, 1.807) is 12.3 Å². The molecule has 0 radical (unpaired) electrons. The number of rotatable bonds is 8. The van der Waals surface area contributed by atoms with Crippen LogP contribution >= 0.6 is 0 Å². The highest BCUT2D eigenvalue weighted by molar-refractivity contribution is 5.77. The average molecular weight is 446 g/mol. The third-order valence-corrected chi connectivity index (χ3v) is 4.91. The van der Waals surface area contributed by atoms with Gasteiger partial charge in [0.05, 0.1) is 18.8 Å². The summed E-state index contributed by atoms with van der Waals surface area (Å²) in [6.45, 7) is 8.29. The van der Waals surface area contributed by atoms with Gasteiger partial charge in [0.15, 0.2) is 5.58 Å². The van der Waals surface area contributed by atoms with Crippen LogP contribution in [0.5, 0.6) is 17.2 Å². The van der Waals surface area contributed by atoms with Gasteiger partial charge in [-0.3, -0.25) is 4.79 Å². The second-order valence-corrected chi connectivity index (χ2v) is 8.33. The molecule has 0 aliphatic heterocycles. The van der Waals surface area contributed by atoms with Gasteiger partial charge in [-0.15, -0.1) is 0 Å². The second kappa shape index (κ2) is 9.73. The predicted octanol–water partition coefficient (Wildman–Crippen LogP) is 5.91. The molecule has 2 aromatic carbocycles. The summed E-state index contributed by atoms with van der Waals surface area (Å²) >= 11 is 0. The number of amides is 1. The van der Waals surface area contributed by atoms with Crippen LogP contribution in [0.1, 0.15) is 39.3 Å². The lowest BCUT2D eigenvalue weighted by molar-refractivity contribution is -0.119. The molecule has 4 aromatic rings. The zero-order valence-corrected chi connectivity index (χ0v) is 19.2. The Kier molecular flexibility index (Phi) is 6.58. The van der Waals surface area contributed by atoms with Crippen LogP contribution in [-0.4, -0.2) is 22.5 Å². The molecule has 0 saturated carbocycles. The fraction of sp³-hybridized carbons (Fsp3) is 0.269. The molecule has 33 heavy (non-hydrogen) atoms. The molecular formula is C26H27N3O4. The Balaban J connectivity index is 1.48. The van der Waals surface area contributed by atoms with Crippen molar-refractivity contribution in [3.8, 4) is 28.8 Å². The number of hydrogen-bond donors (Lipinski definition) is 1. The Morgan fingerprint density at radius 3 is 2.58 bits per heavy atom. The standard InChI is InChI=1S/C26H27N3O4/c1-16(2)15-31-20-6-5-7-21(13-20)32-22-9-11-24(27-14-22)26-29-23-10-8-19(12-25(23)33-26)17(3)28-18(4)30/h5-14,16-17H,15H2,1-4H3,(H,28,30). The van der Waals surface area contributed by atoms with Crippen molar-refractivity contribution in [3.63, 3.8) is 0 Å². The lowest BCUT2D eigenvalue weighted by Crippen LogP contribution is -2.23. The Morgan fingerprint density at radius 2 is 1.85 bits per heavy atom. The van der Waals surface area contributed by atoms with Crippen molar-refractivity contribution < 1.29 is 18.7 Å². The summed E-state index contributed by atoms with van der Waals surface area (Å²) < 4.78 is 17.6. The van der Waals surface area contributed by atoms with Gasteiger partial charge in [-0.1, -0.05) is 26.0 Å². The van der Waals surface area contributed by atoms with Crippen LogP contribution in [-0.2, 0) is 4.79 Å². The molecule has 0 saturated heterocycles. The number of aromatic nitrogens is 2.